The van der Waals surface area contributed by atoms with Gasteiger partial charge in [-0.3, -0.25) is 0 Å². The summed E-state index contributed by atoms with van der Waals surface area (Å²) in [6.07, 6.45) is 4.21. The molecule has 0 unspecified atom stereocenters. The van der Waals surface area contributed by atoms with Crippen molar-refractivity contribution in [3.8, 4) is 11.3 Å². The number of nitrogens with two attached hydrogens (primary N) is 1. The zero-order chi connectivity index (χ0) is 26.1. The van der Waals surface area contributed by atoms with E-state index >= 15 is 0 Å². The van der Waals surface area contributed by atoms with Crippen LogP contribution in [-0.4, -0.2) is 64.5 Å². The molecule has 6 rings (SSSR count). The number of anilines is 3. The average molecular weight is 527 g/mol. The fourth-order valence-electron chi connectivity index (χ4n) is 5.21. The minimum Gasteiger partial charge on any atom is -0.368 e. The molecule has 0 amide bonds. The van der Waals surface area contributed by atoms with Gasteiger partial charge in [-0.05, 0) is 55.3 Å². The highest BCUT2D eigenvalue weighted by atomic mass is 32.1. The maximum Gasteiger partial charge on any atom is 0.222 e. The normalized spacial score (nSPS) is 16.6. The number of benzene rings is 2. The van der Waals surface area contributed by atoms with Gasteiger partial charge in [-0.2, -0.15) is 4.98 Å². The summed E-state index contributed by atoms with van der Waals surface area (Å²) in [5, 5.41) is 4.55. The molecule has 0 aliphatic carbocycles. The number of thiazole rings is 1. The maximum absolute atomic E-state index is 6.18. The molecule has 0 spiro atoms. The van der Waals surface area contributed by atoms with Crippen molar-refractivity contribution in [2.75, 3.05) is 55.7 Å². The van der Waals surface area contributed by atoms with Crippen LogP contribution < -0.4 is 16.0 Å². The number of nitrogens with zero attached hydrogens (tertiary/aromatic N) is 6. The zero-order valence-electron chi connectivity index (χ0n) is 22.0. The van der Waals surface area contributed by atoms with E-state index in [9.17, 15) is 0 Å². The van der Waals surface area contributed by atoms with Gasteiger partial charge < -0.3 is 25.8 Å². The number of nitrogen functional groups attached to an aromatic ring is 1. The second-order valence-corrected chi connectivity index (χ2v) is 11.1. The first-order valence-electron chi connectivity index (χ1n) is 13.3. The number of fused-ring (bicyclic) bond motifs is 2. The van der Waals surface area contributed by atoms with Gasteiger partial charge in [-0.15, -0.1) is 0 Å². The lowest BCUT2D eigenvalue weighted by Gasteiger charge is -2.33. The first-order chi connectivity index (χ1) is 18.6. The van der Waals surface area contributed by atoms with E-state index in [1.54, 1.807) is 11.3 Å². The highest BCUT2D eigenvalue weighted by Crippen LogP contribution is 2.31. The number of likely N-dealkylation sites (N-methyl/N-ethyl adjacent to an activating group) is 1. The van der Waals surface area contributed by atoms with Crippen LogP contribution >= 0.6 is 11.3 Å². The smallest absolute Gasteiger partial charge is 0.222 e. The molecule has 196 valence electrons. The van der Waals surface area contributed by atoms with Crippen molar-refractivity contribution in [2.45, 2.75) is 26.3 Å². The van der Waals surface area contributed by atoms with E-state index in [1.165, 1.54) is 15.8 Å². The number of para-hydroxylation sites is 1. The third-order valence-corrected chi connectivity index (χ3v) is 8.29. The summed E-state index contributed by atoms with van der Waals surface area (Å²) in [5.41, 5.74) is 11.9. The Morgan fingerprint density at radius 2 is 1.84 bits per heavy atom. The van der Waals surface area contributed by atoms with Crippen molar-refractivity contribution in [3.63, 3.8) is 0 Å². The van der Waals surface area contributed by atoms with E-state index in [0.29, 0.717) is 5.95 Å². The molecular formula is C29H34N8S. The number of hydrogen-bond acceptors (Lipinski definition) is 9. The molecule has 3 N–H and O–H groups in total. The minimum atomic E-state index is 0.323. The Kier molecular flexibility index (Phi) is 6.86. The van der Waals surface area contributed by atoms with Gasteiger partial charge in [0.25, 0.3) is 0 Å². The quantitative estimate of drug-likeness (QED) is 0.370. The summed E-state index contributed by atoms with van der Waals surface area (Å²) in [6.45, 7) is 7.90. The van der Waals surface area contributed by atoms with Gasteiger partial charge in [-0.25, -0.2) is 9.97 Å². The van der Waals surface area contributed by atoms with Crippen molar-refractivity contribution in [2.24, 2.45) is 0 Å². The van der Waals surface area contributed by atoms with E-state index in [1.807, 2.05) is 6.07 Å². The molecule has 0 atom stereocenters. The molecular weight excluding hydrogens is 492 g/mol. The summed E-state index contributed by atoms with van der Waals surface area (Å²) >= 11 is 1.69. The lowest BCUT2D eigenvalue weighted by molar-refractivity contribution is 0.312. The van der Waals surface area contributed by atoms with E-state index in [2.05, 4.69) is 92.5 Å². The second-order valence-electron chi connectivity index (χ2n) is 10.0. The number of hydrogen-bond donors (Lipinski definition) is 2. The molecule has 2 aromatic carbocycles. The van der Waals surface area contributed by atoms with Gasteiger partial charge in [0, 0.05) is 50.9 Å². The summed E-state index contributed by atoms with van der Waals surface area (Å²) in [5.74, 6) is 2.35. The Balaban J connectivity index is 1.24. The molecule has 0 bridgehead atoms. The van der Waals surface area contributed by atoms with Crippen LogP contribution in [0.4, 0.5) is 16.9 Å². The molecule has 0 radical (unpaired) electrons. The van der Waals surface area contributed by atoms with Crippen molar-refractivity contribution >= 4 is 38.5 Å². The minimum absolute atomic E-state index is 0.323. The van der Waals surface area contributed by atoms with Crippen molar-refractivity contribution in [1.82, 2.24) is 24.8 Å². The average Bonchev–Trinajstić information content (AvgIpc) is 3.35. The highest BCUT2D eigenvalue weighted by Gasteiger charge is 2.21. The van der Waals surface area contributed by atoms with Gasteiger partial charge in [0.1, 0.15) is 11.6 Å². The van der Waals surface area contributed by atoms with Crippen LogP contribution in [0.15, 0.2) is 60.4 Å². The van der Waals surface area contributed by atoms with Gasteiger partial charge in [0.15, 0.2) is 5.13 Å². The molecule has 8 nitrogen and oxygen atoms in total. The SMILES string of the molecule is CC/C=C(/Nc1nc2ccccc2s1)N1CCc2ccc(-c3cc(N4CCN(C)CC4)nc(N)n3)cc2C1. The molecule has 9 heteroatoms. The van der Waals surface area contributed by atoms with Gasteiger partial charge in [0.05, 0.1) is 15.9 Å². The zero-order valence-corrected chi connectivity index (χ0v) is 22.8. The monoisotopic (exact) mass is 526 g/mol. The lowest BCUT2D eigenvalue weighted by Crippen LogP contribution is -2.44. The van der Waals surface area contributed by atoms with Crippen LogP contribution in [0, 0.1) is 0 Å². The first-order valence-corrected chi connectivity index (χ1v) is 14.2. The fourth-order valence-corrected chi connectivity index (χ4v) is 6.08. The summed E-state index contributed by atoms with van der Waals surface area (Å²) in [6, 6.07) is 17.1. The maximum atomic E-state index is 6.18. The summed E-state index contributed by atoms with van der Waals surface area (Å²) in [4.78, 5) is 21.0. The molecule has 2 aromatic heterocycles. The molecule has 2 aliphatic rings. The number of nitrogens with one attached hydrogen (secondary N) is 1. The lowest BCUT2D eigenvalue weighted by atomic mass is 9.96. The van der Waals surface area contributed by atoms with Crippen LogP contribution in [0.25, 0.3) is 21.5 Å². The largest absolute Gasteiger partial charge is 0.368 e. The van der Waals surface area contributed by atoms with Gasteiger partial charge in [-0.1, -0.05) is 42.5 Å². The molecule has 4 aromatic rings. The van der Waals surface area contributed by atoms with E-state index in [-0.39, 0.29) is 0 Å². The van der Waals surface area contributed by atoms with Gasteiger partial charge in [0.2, 0.25) is 5.95 Å². The van der Waals surface area contributed by atoms with Crippen LogP contribution in [0.2, 0.25) is 0 Å². The number of piperazine rings is 1. The molecule has 38 heavy (non-hydrogen) atoms. The standard InChI is InChI=1S/C29H34N8S/c1-3-6-26(34-29-32-23-7-4-5-8-25(23)38-29)37-12-11-20-9-10-21(17-22(20)19-37)24-18-27(33-28(30)31-24)36-15-13-35(2)14-16-36/h4-10,17-18H,3,11-16,19H2,1-2H3,(H,32,34)(H2,30,31,33)/b26-6-. The molecule has 2 aliphatic heterocycles. The number of rotatable bonds is 6. The first kappa shape index (κ1) is 24.6. The Morgan fingerprint density at radius 3 is 2.66 bits per heavy atom. The molecule has 0 saturated carbocycles. The van der Waals surface area contributed by atoms with Crippen molar-refractivity contribution in [1.29, 1.82) is 0 Å². The Morgan fingerprint density at radius 1 is 1.00 bits per heavy atom. The van der Waals surface area contributed by atoms with Gasteiger partial charge >= 0.3 is 0 Å². The van der Waals surface area contributed by atoms with Crippen molar-refractivity contribution < 1.29 is 0 Å². The van der Waals surface area contributed by atoms with Crippen LogP contribution in [-0.2, 0) is 13.0 Å². The second kappa shape index (κ2) is 10.6. The number of allylic oxidation sites excluding steroid dienone is 1. The van der Waals surface area contributed by atoms with E-state index in [0.717, 1.165) is 85.7 Å². The fraction of sp³-hybridized carbons (Fsp3) is 0.345. The summed E-state index contributed by atoms with van der Waals surface area (Å²) in [7, 11) is 2.16. The Hall–Kier alpha value is -3.69. The third-order valence-electron chi connectivity index (χ3n) is 7.34. The molecule has 1 fully saturated rings. The van der Waals surface area contributed by atoms with Crippen molar-refractivity contribution in [3.05, 3.63) is 71.6 Å². The topological polar surface area (TPSA) is 86.4 Å². The van der Waals surface area contributed by atoms with E-state index in [4.69, 9.17) is 10.7 Å². The highest BCUT2D eigenvalue weighted by molar-refractivity contribution is 7.22. The Labute approximate surface area is 227 Å². The van der Waals surface area contributed by atoms with Crippen LogP contribution in [0.1, 0.15) is 24.5 Å². The summed E-state index contributed by atoms with van der Waals surface area (Å²) < 4.78 is 1.19. The molecule has 4 heterocycles. The predicted molar refractivity (Wildman–Crippen MR) is 157 cm³/mol. The number of aromatic nitrogens is 3. The van der Waals surface area contributed by atoms with E-state index < -0.39 is 0 Å². The van der Waals surface area contributed by atoms with Crippen LogP contribution in [0.5, 0.6) is 0 Å². The predicted octanol–water partition coefficient (Wildman–Crippen LogP) is 4.81. The molecule has 1 saturated heterocycles. The third kappa shape index (κ3) is 5.16. The Bertz CT molecular complexity index is 1440. The van der Waals surface area contributed by atoms with Crippen LogP contribution in [0.3, 0.4) is 0 Å².